The highest BCUT2D eigenvalue weighted by Gasteiger charge is 2.36. The molecule has 0 spiro atoms. The summed E-state index contributed by atoms with van der Waals surface area (Å²) in [4.78, 5) is 17.6. The Labute approximate surface area is 172 Å². The molecule has 2 bridgehead atoms. The Morgan fingerprint density at radius 3 is 2.86 bits per heavy atom. The average molecular weight is 413 g/mol. The van der Waals surface area contributed by atoms with Crippen LogP contribution in [0.4, 0.5) is 5.13 Å². The van der Waals surface area contributed by atoms with E-state index in [2.05, 4.69) is 31.2 Å². The summed E-state index contributed by atoms with van der Waals surface area (Å²) in [6, 6.07) is 6.00. The van der Waals surface area contributed by atoms with Gasteiger partial charge in [0.25, 0.3) is 5.56 Å². The number of anilines is 1. The monoisotopic (exact) mass is 412 g/mol. The molecule has 1 saturated heterocycles. The molecule has 3 aromatic heterocycles. The molecule has 0 aliphatic carbocycles. The van der Waals surface area contributed by atoms with Gasteiger partial charge in [-0.1, -0.05) is 22.6 Å². The summed E-state index contributed by atoms with van der Waals surface area (Å²) in [6.07, 6.45) is 2.71. The third-order valence-corrected chi connectivity index (χ3v) is 6.73. The molecule has 0 unspecified atom stereocenters. The van der Waals surface area contributed by atoms with Crippen molar-refractivity contribution in [3.8, 4) is 0 Å². The van der Waals surface area contributed by atoms with E-state index in [0.29, 0.717) is 24.9 Å². The Hall–Kier alpha value is -2.52. The minimum Gasteiger partial charge on any atom is -0.364 e. The maximum atomic E-state index is 13.2. The van der Waals surface area contributed by atoms with Gasteiger partial charge >= 0.3 is 0 Å². The van der Waals surface area contributed by atoms with E-state index in [1.807, 2.05) is 30.7 Å². The summed E-state index contributed by atoms with van der Waals surface area (Å²) < 4.78 is 6.91. The fourth-order valence-electron chi connectivity index (χ4n) is 4.62. The van der Waals surface area contributed by atoms with E-state index >= 15 is 0 Å². The number of hydrogen-bond acceptors (Lipinski definition) is 8. The molecule has 0 radical (unpaired) electrons. The third-order valence-electron chi connectivity index (χ3n) is 5.83. The molecule has 9 heteroatoms. The van der Waals surface area contributed by atoms with Crippen LogP contribution in [0.3, 0.4) is 0 Å². The molecule has 0 saturated carbocycles. The summed E-state index contributed by atoms with van der Waals surface area (Å²) in [5, 5.41) is 14.4. The first kappa shape index (κ1) is 18.5. The SMILES string of the molecule is Cc1nnc(N2C[C@@H]3C[C@H](C2)c2ccc(CN(C)Cc4ccon4)c(=O)n2C3)s1. The minimum atomic E-state index is 0.143. The van der Waals surface area contributed by atoms with Gasteiger partial charge in [0.15, 0.2) is 0 Å². The number of hydrogen-bond donors (Lipinski definition) is 0. The molecule has 3 aromatic rings. The number of piperidine rings is 1. The van der Waals surface area contributed by atoms with E-state index in [1.54, 1.807) is 17.6 Å². The lowest BCUT2D eigenvalue weighted by atomic mass is 9.83. The van der Waals surface area contributed by atoms with Crippen molar-refractivity contribution in [2.75, 3.05) is 25.0 Å². The molecule has 1 fully saturated rings. The van der Waals surface area contributed by atoms with Gasteiger partial charge < -0.3 is 14.0 Å². The molecule has 5 heterocycles. The molecule has 0 aromatic carbocycles. The molecular weight excluding hydrogens is 388 g/mol. The van der Waals surface area contributed by atoms with Gasteiger partial charge in [-0.15, -0.1) is 10.2 Å². The van der Waals surface area contributed by atoms with E-state index < -0.39 is 0 Å². The maximum absolute atomic E-state index is 13.2. The fourth-order valence-corrected chi connectivity index (χ4v) is 5.33. The summed E-state index contributed by atoms with van der Waals surface area (Å²) in [5.41, 5.74) is 2.99. The summed E-state index contributed by atoms with van der Waals surface area (Å²) >= 11 is 1.65. The van der Waals surface area contributed by atoms with Crippen LogP contribution in [0.2, 0.25) is 0 Å². The molecular formula is C20H24N6O2S. The second-order valence-electron chi connectivity index (χ2n) is 8.17. The normalized spacial score (nSPS) is 20.9. The van der Waals surface area contributed by atoms with Crippen molar-refractivity contribution in [2.24, 2.45) is 5.92 Å². The van der Waals surface area contributed by atoms with E-state index in [-0.39, 0.29) is 5.56 Å². The Morgan fingerprint density at radius 1 is 1.21 bits per heavy atom. The van der Waals surface area contributed by atoms with Crippen LogP contribution in [0.15, 0.2) is 33.8 Å². The smallest absolute Gasteiger partial charge is 0.255 e. The standard InChI is InChI=1S/C20H24N6O2S/c1-13-21-22-20(29-13)25-8-14-7-16(11-25)18-4-3-15(19(27)26(18)9-14)10-24(2)12-17-5-6-28-23-17/h3-6,14,16H,7-12H2,1-2H3/t14-,16+/m0/s1. The zero-order chi connectivity index (χ0) is 20.0. The maximum Gasteiger partial charge on any atom is 0.255 e. The van der Waals surface area contributed by atoms with Crippen molar-refractivity contribution in [3.05, 3.63) is 56.8 Å². The predicted molar refractivity (Wildman–Crippen MR) is 110 cm³/mol. The van der Waals surface area contributed by atoms with Crippen LogP contribution in [0.25, 0.3) is 0 Å². The average Bonchev–Trinajstić information content (AvgIpc) is 3.36. The molecule has 2 aliphatic heterocycles. The number of aryl methyl sites for hydroxylation is 1. The number of nitrogens with zero attached hydrogens (tertiary/aromatic N) is 6. The van der Waals surface area contributed by atoms with E-state index in [0.717, 1.165) is 53.1 Å². The second-order valence-corrected chi connectivity index (χ2v) is 9.33. The van der Waals surface area contributed by atoms with Crippen LogP contribution < -0.4 is 10.5 Å². The topological polar surface area (TPSA) is 80.3 Å². The van der Waals surface area contributed by atoms with Crippen LogP contribution in [-0.4, -0.2) is 45.0 Å². The Bertz CT molecular complexity index is 1060. The summed E-state index contributed by atoms with van der Waals surface area (Å²) in [5.74, 6) is 0.826. The number of pyridine rings is 1. The van der Waals surface area contributed by atoms with Gasteiger partial charge in [-0.3, -0.25) is 9.69 Å². The van der Waals surface area contributed by atoms with Gasteiger partial charge in [0, 0.05) is 56.0 Å². The molecule has 5 rings (SSSR count). The van der Waals surface area contributed by atoms with Crippen LogP contribution in [0.1, 0.15) is 34.3 Å². The first-order chi connectivity index (χ1) is 14.1. The fraction of sp³-hybridized carbons (Fsp3) is 0.500. The Kier molecular flexibility index (Phi) is 4.71. The van der Waals surface area contributed by atoms with E-state index in [4.69, 9.17) is 4.52 Å². The zero-order valence-corrected chi connectivity index (χ0v) is 17.4. The predicted octanol–water partition coefficient (Wildman–Crippen LogP) is 2.25. The van der Waals surface area contributed by atoms with Crippen molar-refractivity contribution in [1.29, 1.82) is 0 Å². The molecule has 152 valence electrons. The van der Waals surface area contributed by atoms with Gasteiger partial charge in [-0.05, 0) is 32.4 Å². The van der Waals surface area contributed by atoms with Gasteiger partial charge in [-0.2, -0.15) is 0 Å². The van der Waals surface area contributed by atoms with Crippen molar-refractivity contribution < 1.29 is 4.52 Å². The summed E-state index contributed by atoms with van der Waals surface area (Å²) in [6.45, 7) is 5.85. The number of fused-ring (bicyclic) bond motifs is 4. The first-order valence-electron chi connectivity index (χ1n) is 9.92. The highest BCUT2D eigenvalue weighted by atomic mass is 32.1. The summed E-state index contributed by atoms with van der Waals surface area (Å²) in [7, 11) is 1.99. The Morgan fingerprint density at radius 2 is 2.10 bits per heavy atom. The van der Waals surface area contributed by atoms with Crippen LogP contribution >= 0.6 is 11.3 Å². The quantitative estimate of drug-likeness (QED) is 0.636. The number of rotatable bonds is 5. The van der Waals surface area contributed by atoms with E-state index in [1.165, 1.54) is 0 Å². The highest BCUT2D eigenvalue weighted by Crippen LogP contribution is 2.37. The zero-order valence-electron chi connectivity index (χ0n) is 16.6. The largest absolute Gasteiger partial charge is 0.364 e. The van der Waals surface area contributed by atoms with Gasteiger partial charge in [0.1, 0.15) is 11.3 Å². The van der Waals surface area contributed by atoms with Gasteiger partial charge in [-0.25, -0.2) is 0 Å². The third kappa shape index (κ3) is 3.60. The van der Waals surface area contributed by atoms with E-state index in [9.17, 15) is 4.79 Å². The van der Waals surface area contributed by atoms with Crippen molar-refractivity contribution in [1.82, 2.24) is 24.8 Å². The van der Waals surface area contributed by atoms with Crippen LogP contribution in [0.5, 0.6) is 0 Å². The number of aromatic nitrogens is 4. The van der Waals surface area contributed by atoms with Crippen molar-refractivity contribution >= 4 is 16.5 Å². The molecule has 0 amide bonds. The van der Waals surface area contributed by atoms with Gasteiger partial charge in [0.05, 0.1) is 5.69 Å². The molecule has 0 N–H and O–H groups in total. The second kappa shape index (κ2) is 7.38. The van der Waals surface area contributed by atoms with Crippen molar-refractivity contribution in [2.45, 2.75) is 38.9 Å². The van der Waals surface area contributed by atoms with Crippen molar-refractivity contribution in [3.63, 3.8) is 0 Å². The molecule has 2 aliphatic rings. The lowest BCUT2D eigenvalue weighted by Crippen LogP contribution is -2.47. The minimum absolute atomic E-state index is 0.143. The highest BCUT2D eigenvalue weighted by molar-refractivity contribution is 7.15. The lowest BCUT2D eigenvalue weighted by Gasteiger charge is -2.42. The molecule has 8 nitrogen and oxygen atoms in total. The Balaban J connectivity index is 1.36. The first-order valence-corrected chi connectivity index (χ1v) is 10.7. The van der Waals surface area contributed by atoms with Crippen LogP contribution in [-0.2, 0) is 19.6 Å². The molecule has 29 heavy (non-hydrogen) atoms. The molecule has 2 atom stereocenters. The lowest BCUT2D eigenvalue weighted by molar-refractivity contribution is 0.275. The van der Waals surface area contributed by atoms with Gasteiger partial charge in [0.2, 0.25) is 5.13 Å². The van der Waals surface area contributed by atoms with Crippen LogP contribution in [0, 0.1) is 12.8 Å².